The van der Waals surface area contributed by atoms with Gasteiger partial charge >= 0.3 is 6.36 Å². The zero-order chi connectivity index (χ0) is 30.9. The molecule has 1 aliphatic rings. The summed E-state index contributed by atoms with van der Waals surface area (Å²) in [6, 6.07) is 26.5. The molecule has 5 aromatic rings. The van der Waals surface area contributed by atoms with Gasteiger partial charge in [0.15, 0.2) is 0 Å². The first-order valence-electron chi connectivity index (χ1n) is 13.9. The molecule has 0 unspecified atom stereocenters. The minimum absolute atomic E-state index is 0.100. The highest BCUT2D eigenvalue weighted by Crippen LogP contribution is 2.33. The minimum Gasteiger partial charge on any atom is -0.497 e. The molecule has 1 fully saturated rings. The Morgan fingerprint density at radius 1 is 0.818 bits per heavy atom. The van der Waals surface area contributed by atoms with Crippen LogP contribution in [0.25, 0.3) is 28.0 Å². The van der Waals surface area contributed by atoms with Crippen LogP contribution in [0.1, 0.15) is 5.69 Å². The summed E-state index contributed by atoms with van der Waals surface area (Å²) < 4.78 is 78.4. The number of hydrogen-bond donors (Lipinski definition) is 0. The Balaban J connectivity index is 1.29. The zero-order valence-electron chi connectivity index (χ0n) is 23.7. The SMILES string of the molecule is COc1cccc(-c2nc3ccc(-c4ccccc4)cn3c2CN2CCN(S(=O)(=O)c3ccccc3OC(F)(F)F)CC2)c1. The first-order valence-corrected chi connectivity index (χ1v) is 15.3. The maximum Gasteiger partial charge on any atom is 0.573 e. The van der Waals surface area contributed by atoms with Crippen molar-refractivity contribution in [3.63, 3.8) is 0 Å². The van der Waals surface area contributed by atoms with Crippen LogP contribution in [0.5, 0.6) is 11.5 Å². The summed E-state index contributed by atoms with van der Waals surface area (Å²) in [6.45, 7) is 1.40. The summed E-state index contributed by atoms with van der Waals surface area (Å²) in [7, 11) is -2.62. The zero-order valence-corrected chi connectivity index (χ0v) is 24.6. The Hall–Kier alpha value is -4.39. The summed E-state index contributed by atoms with van der Waals surface area (Å²) in [5, 5.41) is 0. The fourth-order valence-corrected chi connectivity index (χ4v) is 6.94. The van der Waals surface area contributed by atoms with Gasteiger partial charge < -0.3 is 13.9 Å². The lowest BCUT2D eigenvalue weighted by atomic mass is 10.1. The van der Waals surface area contributed by atoms with Gasteiger partial charge in [0.1, 0.15) is 22.0 Å². The predicted molar refractivity (Wildman–Crippen MR) is 160 cm³/mol. The number of aromatic nitrogens is 2. The van der Waals surface area contributed by atoms with Crippen LogP contribution in [0.2, 0.25) is 0 Å². The molecule has 0 saturated carbocycles. The number of halogens is 3. The first-order chi connectivity index (χ1) is 21.1. The Morgan fingerprint density at radius 2 is 1.52 bits per heavy atom. The number of rotatable bonds is 8. The summed E-state index contributed by atoms with van der Waals surface area (Å²) in [5.41, 5.74) is 5.43. The van der Waals surface area contributed by atoms with Gasteiger partial charge in [0.25, 0.3) is 0 Å². The molecule has 0 amide bonds. The molecule has 0 aliphatic carbocycles. The van der Waals surface area contributed by atoms with Crippen LogP contribution >= 0.6 is 0 Å². The number of ether oxygens (including phenoxy) is 2. The molecule has 44 heavy (non-hydrogen) atoms. The van der Waals surface area contributed by atoms with Crippen LogP contribution < -0.4 is 9.47 Å². The van der Waals surface area contributed by atoms with Crippen LogP contribution in [0.15, 0.2) is 102 Å². The molecule has 0 N–H and O–H groups in total. The van der Waals surface area contributed by atoms with Crippen LogP contribution in [-0.4, -0.2) is 66.7 Å². The van der Waals surface area contributed by atoms with E-state index in [4.69, 9.17) is 9.72 Å². The molecule has 0 atom stereocenters. The molecular formula is C32H29F3N4O4S. The molecule has 3 aromatic carbocycles. The topological polar surface area (TPSA) is 76.4 Å². The second-order valence-corrected chi connectivity index (χ2v) is 12.2. The molecular weight excluding hydrogens is 593 g/mol. The number of pyridine rings is 1. The van der Waals surface area contributed by atoms with Crippen LogP contribution in [-0.2, 0) is 16.6 Å². The number of methoxy groups -OCH3 is 1. The second-order valence-electron chi connectivity index (χ2n) is 10.3. The normalized spacial score (nSPS) is 15.0. The number of nitrogens with zero attached hydrogens (tertiary/aromatic N) is 4. The number of para-hydroxylation sites is 1. The highest BCUT2D eigenvalue weighted by Gasteiger charge is 2.36. The smallest absolute Gasteiger partial charge is 0.497 e. The van der Waals surface area contributed by atoms with E-state index in [9.17, 15) is 21.6 Å². The lowest BCUT2D eigenvalue weighted by Gasteiger charge is -2.34. The van der Waals surface area contributed by atoms with E-state index in [1.807, 2.05) is 66.7 Å². The molecule has 0 spiro atoms. The summed E-state index contributed by atoms with van der Waals surface area (Å²) >= 11 is 0. The van der Waals surface area contributed by atoms with Crippen molar-refractivity contribution in [2.75, 3.05) is 33.3 Å². The molecule has 3 heterocycles. The summed E-state index contributed by atoms with van der Waals surface area (Å²) in [4.78, 5) is 6.56. The fraction of sp³-hybridized carbons (Fsp3) is 0.219. The van der Waals surface area contributed by atoms with Gasteiger partial charge in [-0.2, -0.15) is 4.31 Å². The largest absolute Gasteiger partial charge is 0.573 e. The molecule has 6 rings (SSSR count). The summed E-state index contributed by atoms with van der Waals surface area (Å²) in [6.07, 6.45) is -2.96. The molecule has 228 valence electrons. The fourth-order valence-electron chi connectivity index (χ4n) is 5.40. The molecule has 0 radical (unpaired) electrons. The second kappa shape index (κ2) is 11.9. The molecule has 2 aromatic heterocycles. The average molecular weight is 623 g/mol. The molecule has 0 bridgehead atoms. The third kappa shape index (κ3) is 6.14. The van der Waals surface area contributed by atoms with Crippen molar-refractivity contribution in [2.45, 2.75) is 17.8 Å². The molecule has 1 aliphatic heterocycles. The number of piperazine rings is 1. The van der Waals surface area contributed by atoms with E-state index in [0.29, 0.717) is 25.4 Å². The van der Waals surface area contributed by atoms with E-state index in [-0.39, 0.29) is 13.1 Å². The quantitative estimate of drug-likeness (QED) is 0.209. The van der Waals surface area contributed by atoms with Crippen molar-refractivity contribution in [3.05, 3.63) is 103 Å². The van der Waals surface area contributed by atoms with Gasteiger partial charge in [0.05, 0.1) is 18.5 Å². The first kappa shape index (κ1) is 29.7. The number of hydrogen-bond acceptors (Lipinski definition) is 6. The lowest BCUT2D eigenvalue weighted by Crippen LogP contribution is -2.48. The van der Waals surface area contributed by atoms with Crippen LogP contribution in [0, 0.1) is 0 Å². The Labute approximate surface area is 252 Å². The van der Waals surface area contributed by atoms with Gasteiger partial charge in [-0.05, 0) is 47.5 Å². The van der Waals surface area contributed by atoms with E-state index in [0.717, 1.165) is 45.9 Å². The Bertz CT molecular complexity index is 1890. The molecule has 8 nitrogen and oxygen atoms in total. The number of benzene rings is 3. The van der Waals surface area contributed by atoms with Crippen LogP contribution in [0.3, 0.4) is 0 Å². The minimum atomic E-state index is -5.01. The standard InChI is InChI=1S/C32H29F3N4O4S/c1-42-26-11-7-10-24(20-26)31-27(39-21-25(14-15-30(39)36-31)23-8-3-2-4-9-23)22-37-16-18-38(19-17-37)44(40,41)29-13-6-5-12-28(29)43-32(33,34)35/h2-15,20-21H,16-19,22H2,1H3. The van der Waals surface area contributed by atoms with Gasteiger partial charge in [-0.3, -0.25) is 4.90 Å². The lowest BCUT2D eigenvalue weighted by molar-refractivity contribution is -0.275. The van der Waals surface area contributed by atoms with Crippen molar-refractivity contribution in [1.29, 1.82) is 0 Å². The monoisotopic (exact) mass is 622 g/mol. The van der Waals surface area contributed by atoms with E-state index in [1.165, 1.54) is 16.4 Å². The van der Waals surface area contributed by atoms with Gasteiger partial charge in [0.2, 0.25) is 10.0 Å². The van der Waals surface area contributed by atoms with Crippen molar-refractivity contribution < 1.29 is 31.1 Å². The highest BCUT2D eigenvalue weighted by molar-refractivity contribution is 7.89. The summed E-state index contributed by atoms with van der Waals surface area (Å²) in [5.74, 6) is -0.0469. The third-order valence-electron chi connectivity index (χ3n) is 7.57. The van der Waals surface area contributed by atoms with E-state index < -0.39 is 27.0 Å². The maximum absolute atomic E-state index is 13.4. The van der Waals surface area contributed by atoms with E-state index in [2.05, 4.69) is 20.2 Å². The van der Waals surface area contributed by atoms with Gasteiger partial charge in [-0.25, -0.2) is 13.4 Å². The van der Waals surface area contributed by atoms with Crippen molar-refractivity contribution in [3.8, 4) is 33.9 Å². The number of fused-ring (bicyclic) bond motifs is 1. The third-order valence-corrected chi connectivity index (χ3v) is 9.50. The number of sulfonamides is 1. The average Bonchev–Trinajstić information content (AvgIpc) is 3.38. The predicted octanol–water partition coefficient (Wildman–Crippen LogP) is 6.08. The van der Waals surface area contributed by atoms with Crippen LogP contribution in [0.4, 0.5) is 13.2 Å². The van der Waals surface area contributed by atoms with Crippen molar-refractivity contribution >= 4 is 15.7 Å². The highest BCUT2D eigenvalue weighted by atomic mass is 32.2. The van der Waals surface area contributed by atoms with Crippen molar-refractivity contribution in [2.24, 2.45) is 0 Å². The maximum atomic E-state index is 13.4. The van der Waals surface area contributed by atoms with Gasteiger partial charge in [0, 0.05) is 44.5 Å². The molecule has 1 saturated heterocycles. The number of imidazole rings is 1. The van der Waals surface area contributed by atoms with E-state index in [1.54, 1.807) is 7.11 Å². The number of alkyl halides is 3. The Morgan fingerprint density at radius 3 is 2.25 bits per heavy atom. The molecule has 12 heteroatoms. The van der Waals surface area contributed by atoms with E-state index >= 15 is 0 Å². The van der Waals surface area contributed by atoms with Gasteiger partial charge in [-0.1, -0.05) is 54.6 Å². The van der Waals surface area contributed by atoms with Crippen molar-refractivity contribution in [1.82, 2.24) is 18.6 Å². The van der Waals surface area contributed by atoms with Gasteiger partial charge in [-0.15, -0.1) is 13.2 Å². The Kier molecular flexibility index (Phi) is 8.06.